The SMILES string of the molecule is CCCC(N)Cc1ccc(S(N)(=O)=O)cc1[N+](=O)[O-]. The topological polar surface area (TPSA) is 129 Å². The van der Waals surface area contributed by atoms with Crippen molar-refractivity contribution in [2.75, 3.05) is 0 Å². The Labute approximate surface area is 111 Å². The summed E-state index contributed by atoms with van der Waals surface area (Å²) in [5.41, 5.74) is 5.99. The first-order valence-electron chi connectivity index (χ1n) is 5.81. The van der Waals surface area contributed by atoms with Crippen molar-refractivity contribution in [2.24, 2.45) is 10.9 Å². The lowest BCUT2D eigenvalue weighted by atomic mass is 10.0. The molecule has 106 valence electrons. The fourth-order valence-electron chi connectivity index (χ4n) is 1.82. The number of nitrogens with zero attached hydrogens (tertiary/aromatic N) is 1. The van der Waals surface area contributed by atoms with E-state index in [9.17, 15) is 18.5 Å². The highest BCUT2D eigenvalue weighted by atomic mass is 32.2. The van der Waals surface area contributed by atoms with Crippen LogP contribution >= 0.6 is 0 Å². The number of nitro groups is 1. The molecule has 1 unspecified atom stereocenters. The van der Waals surface area contributed by atoms with Gasteiger partial charge < -0.3 is 5.73 Å². The molecule has 0 saturated carbocycles. The predicted octanol–water partition coefficient (Wildman–Crippen LogP) is 0.912. The maximum atomic E-state index is 11.2. The lowest BCUT2D eigenvalue weighted by molar-refractivity contribution is -0.385. The molecule has 4 N–H and O–H groups in total. The molecule has 0 radical (unpaired) electrons. The van der Waals surface area contributed by atoms with E-state index in [0.717, 1.165) is 18.9 Å². The molecule has 0 aliphatic heterocycles. The zero-order valence-electron chi connectivity index (χ0n) is 10.6. The molecule has 0 aliphatic rings. The largest absolute Gasteiger partial charge is 0.327 e. The number of rotatable bonds is 6. The molecule has 8 heteroatoms. The molecule has 0 fully saturated rings. The van der Waals surface area contributed by atoms with E-state index < -0.39 is 14.9 Å². The van der Waals surface area contributed by atoms with Crippen molar-refractivity contribution in [3.63, 3.8) is 0 Å². The first-order valence-corrected chi connectivity index (χ1v) is 7.36. The van der Waals surface area contributed by atoms with Gasteiger partial charge in [0.1, 0.15) is 0 Å². The molecule has 1 aromatic carbocycles. The van der Waals surface area contributed by atoms with Crippen LogP contribution in [0, 0.1) is 10.1 Å². The Balaban J connectivity index is 3.16. The van der Waals surface area contributed by atoms with E-state index in [1.165, 1.54) is 12.1 Å². The normalized spacial score (nSPS) is 13.2. The van der Waals surface area contributed by atoms with Crippen LogP contribution in [0.25, 0.3) is 0 Å². The molecule has 0 saturated heterocycles. The van der Waals surface area contributed by atoms with Gasteiger partial charge in [0, 0.05) is 17.7 Å². The highest BCUT2D eigenvalue weighted by Gasteiger charge is 2.20. The summed E-state index contributed by atoms with van der Waals surface area (Å²) in [7, 11) is -3.95. The monoisotopic (exact) mass is 287 g/mol. The van der Waals surface area contributed by atoms with Crippen LogP contribution < -0.4 is 10.9 Å². The van der Waals surface area contributed by atoms with Gasteiger partial charge >= 0.3 is 0 Å². The molecule has 0 spiro atoms. The summed E-state index contributed by atoms with van der Waals surface area (Å²) >= 11 is 0. The maximum Gasteiger partial charge on any atom is 0.273 e. The fraction of sp³-hybridized carbons (Fsp3) is 0.455. The molecule has 0 amide bonds. The minimum absolute atomic E-state index is 0.191. The molecular weight excluding hydrogens is 270 g/mol. The second kappa shape index (κ2) is 6.09. The van der Waals surface area contributed by atoms with Gasteiger partial charge in [0.2, 0.25) is 10.0 Å². The fourth-order valence-corrected chi connectivity index (χ4v) is 2.35. The molecule has 1 aromatic rings. The van der Waals surface area contributed by atoms with E-state index in [4.69, 9.17) is 10.9 Å². The van der Waals surface area contributed by atoms with Gasteiger partial charge in [0.05, 0.1) is 9.82 Å². The van der Waals surface area contributed by atoms with Crippen molar-refractivity contribution < 1.29 is 13.3 Å². The third kappa shape index (κ3) is 4.27. The van der Waals surface area contributed by atoms with Crippen molar-refractivity contribution in [3.05, 3.63) is 33.9 Å². The van der Waals surface area contributed by atoms with Gasteiger partial charge in [-0.25, -0.2) is 13.6 Å². The van der Waals surface area contributed by atoms with Crippen molar-refractivity contribution in [3.8, 4) is 0 Å². The van der Waals surface area contributed by atoms with Crippen LogP contribution in [0.2, 0.25) is 0 Å². The summed E-state index contributed by atoms with van der Waals surface area (Å²) in [5, 5.41) is 15.9. The second-order valence-corrected chi connectivity index (χ2v) is 5.91. The summed E-state index contributed by atoms with van der Waals surface area (Å²) in [6.07, 6.45) is 1.95. The summed E-state index contributed by atoms with van der Waals surface area (Å²) in [6.45, 7) is 1.97. The van der Waals surface area contributed by atoms with Gasteiger partial charge in [-0.1, -0.05) is 19.4 Å². The average molecular weight is 287 g/mol. The number of hydrogen-bond acceptors (Lipinski definition) is 5. The first kappa shape index (κ1) is 15.5. The molecule has 1 rings (SSSR count). The van der Waals surface area contributed by atoms with Gasteiger partial charge in [-0.3, -0.25) is 10.1 Å². The molecule has 1 atom stereocenters. The van der Waals surface area contributed by atoms with Crippen LogP contribution in [0.3, 0.4) is 0 Å². The molecule has 0 heterocycles. The molecule has 0 aliphatic carbocycles. The summed E-state index contributed by atoms with van der Waals surface area (Å²) < 4.78 is 22.3. The molecule has 7 nitrogen and oxygen atoms in total. The Bertz CT molecular complexity index is 571. The quantitative estimate of drug-likeness (QED) is 0.593. The van der Waals surface area contributed by atoms with Crippen LogP contribution in [-0.2, 0) is 16.4 Å². The lowest BCUT2D eigenvalue weighted by Gasteiger charge is -2.11. The Hall–Kier alpha value is -1.51. The van der Waals surface area contributed by atoms with E-state index in [-0.39, 0.29) is 16.6 Å². The summed E-state index contributed by atoms with van der Waals surface area (Å²) in [6, 6.07) is 3.44. The van der Waals surface area contributed by atoms with Crippen LogP contribution in [0.4, 0.5) is 5.69 Å². The third-order valence-electron chi connectivity index (χ3n) is 2.72. The lowest BCUT2D eigenvalue weighted by Crippen LogP contribution is -2.23. The van der Waals surface area contributed by atoms with Crippen LogP contribution in [0.1, 0.15) is 25.3 Å². The van der Waals surface area contributed by atoms with E-state index in [1.54, 1.807) is 0 Å². The Kier molecular flexibility index (Phi) is 4.98. The Morgan fingerprint density at radius 2 is 2.05 bits per heavy atom. The van der Waals surface area contributed by atoms with Crippen LogP contribution in [-0.4, -0.2) is 19.4 Å². The number of benzene rings is 1. The number of nitro benzene ring substituents is 1. The average Bonchev–Trinajstić information content (AvgIpc) is 2.27. The van der Waals surface area contributed by atoms with Gasteiger partial charge in [-0.15, -0.1) is 0 Å². The van der Waals surface area contributed by atoms with E-state index in [2.05, 4.69) is 0 Å². The second-order valence-electron chi connectivity index (χ2n) is 4.35. The smallest absolute Gasteiger partial charge is 0.273 e. The number of hydrogen-bond donors (Lipinski definition) is 2. The van der Waals surface area contributed by atoms with E-state index >= 15 is 0 Å². The van der Waals surface area contributed by atoms with Crippen LogP contribution in [0.15, 0.2) is 23.1 Å². The highest BCUT2D eigenvalue weighted by molar-refractivity contribution is 7.89. The number of sulfonamides is 1. The minimum atomic E-state index is -3.95. The number of primary sulfonamides is 1. The van der Waals surface area contributed by atoms with Crippen LogP contribution in [0.5, 0.6) is 0 Å². The zero-order chi connectivity index (χ0) is 14.6. The van der Waals surface area contributed by atoms with E-state index in [1.807, 2.05) is 6.92 Å². The van der Waals surface area contributed by atoms with E-state index in [0.29, 0.717) is 12.0 Å². The summed E-state index contributed by atoms with van der Waals surface area (Å²) in [5.74, 6) is 0. The first-order chi connectivity index (χ1) is 8.75. The van der Waals surface area contributed by atoms with Crippen molar-refractivity contribution in [2.45, 2.75) is 37.1 Å². The Morgan fingerprint density at radius 3 is 2.53 bits per heavy atom. The summed E-state index contributed by atoms with van der Waals surface area (Å²) in [4.78, 5) is 10.1. The molecule has 0 aromatic heterocycles. The van der Waals surface area contributed by atoms with Crippen molar-refractivity contribution in [1.29, 1.82) is 0 Å². The molecule has 19 heavy (non-hydrogen) atoms. The standard InChI is InChI=1S/C11H17N3O4S/c1-2-3-9(12)6-8-4-5-10(19(13,17)18)7-11(8)14(15)16/h4-5,7,9H,2-3,6,12H2,1H3,(H2,13,17,18). The highest BCUT2D eigenvalue weighted by Crippen LogP contribution is 2.24. The maximum absolute atomic E-state index is 11.2. The Morgan fingerprint density at radius 1 is 1.42 bits per heavy atom. The van der Waals surface area contributed by atoms with Gasteiger partial charge in [-0.05, 0) is 18.9 Å². The zero-order valence-corrected chi connectivity index (χ0v) is 11.4. The molecule has 0 bridgehead atoms. The third-order valence-corrected chi connectivity index (χ3v) is 3.63. The van der Waals surface area contributed by atoms with Gasteiger partial charge in [0.25, 0.3) is 5.69 Å². The van der Waals surface area contributed by atoms with Gasteiger partial charge in [-0.2, -0.15) is 0 Å². The number of nitrogens with two attached hydrogens (primary N) is 2. The minimum Gasteiger partial charge on any atom is -0.327 e. The van der Waals surface area contributed by atoms with Crippen molar-refractivity contribution in [1.82, 2.24) is 0 Å². The van der Waals surface area contributed by atoms with Gasteiger partial charge in [0.15, 0.2) is 0 Å². The van der Waals surface area contributed by atoms with Crippen molar-refractivity contribution >= 4 is 15.7 Å². The predicted molar refractivity (Wildman–Crippen MR) is 71.1 cm³/mol. The molecular formula is C11H17N3O4S.